The molecule has 0 saturated carbocycles. The molecule has 2 aromatic carbocycles. The smallest absolute Gasteiger partial charge is 0.261 e. The van der Waals surface area contributed by atoms with E-state index in [0.29, 0.717) is 23.8 Å². The zero-order valence-electron chi connectivity index (χ0n) is 15.5. The Morgan fingerprint density at radius 2 is 2.07 bits per heavy atom. The van der Waals surface area contributed by atoms with Crippen molar-refractivity contribution in [3.05, 3.63) is 47.7 Å². The van der Waals surface area contributed by atoms with Crippen LogP contribution in [-0.4, -0.2) is 28.6 Å². The minimum absolute atomic E-state index is 0.201. The Balaban J connectivity index is 1.41. The van der Waals surface area contributed by atoms with Gasteiger partial charge in [-0.3, -0.25) is 9.48 Å². The van der Waals surface area contributed by atoms with E-state index in [4.69, 9.17) is 14.2 Å². The fourth-order valence-corrected chi connectivity index (χ4v) is 3.10. The van der Waals surface area contributed by atoms with Crippen LogP contribution in [0.15, 0.2) is 36.4 Å². The standard InChI is InChI=1S/C20H21N3O4/c1-12-4-6-17-15(8-12)16(22-23(17)3)10-21-20(24)13(2)27-14-5-7-18-19(9-14)26-11-25-18/h4-9,13H,10-11H2,1-3H3,(H,21,24). The number of nitrogens with zero attached hydrogens (tertiary/aromatic N) is 2. The van der Waals surface area contributed by atoms with E-state index < -0.39 is 6.10 Å². The molecule has 1 amide bonds. The van der Waals surface area contributed by atoms with Crippen LogP contribution in [0, 0.1) is 6.92 Å². The molecule has 3 aromatic rings. The van der Waals surface area contributed by atoms with Gasteiger partial charge in [-0.2, -0.15) is 5.10 Å². The summed E-state index contributed by atoms with van der Waals surface area (Å²) in [6.45, 7) is 4.29. The Morgan fingerprint density at radius 3 is 2.93 bits per heavy atom. The number of rotatable bonds is 5. The maximum atomic E-state index is 12.4. The average molecular weight is 367 g/mol. The van der Waals surface area contributed by atoms with E-state index in [0.717, 1.165) is 22.2 Å². The van der Waals surface area contributed by atoms with Crippen LogP contribution in [0.1, 0.15) is 18.2 Å². The van der Waals surface area contributed by atoms with Crippen molar-refractivity contribution in [2.24, 2.45) is 7.05 Å². The Hall–Kier alpha value is -3.22. The lowest BCUT2D eigenvalue weighted by molar-refractivity contribution is -0.127. The highest BCUT2D eigenvalue weighted by Gasteiger charge is 2.19. The summed E-state index contributed by atoms with van der Waals surface area (Å²) in [5.41, 5.74) is 3.02. The Bertz CT molecular complexity index is 1010. The third-order valence-electron chi connectivity index (χ3n) is 4.54. The van der Waals surface area contributed by atoms with Gasteiger partial charge in [0.1, 0.15) is 5.75 Å². The molecule has 7 nitrogen and oxygen atoms in total. The average Bonchev–Trinajstić information content (AvgIpc) is 3.23. The number of hydrogen-bond donors (Lipinski definition) is 1. The lowest BCUT2D eigenvalue weighted by Crippen LogP contribution is -2.36. The van der Waals surface area contributed by atoms with Gasteiger partial charge in [-0.1, -0.05) is 11.6 Å². The maximum absolute atomic E-state index is 12.4. The number of fused-ring (bicyclic) bond motifs is 2. The second-order valence-corrected chi connectivity index (χ2v) is 6.58. The SMILES string of the molecule is Cc1ccc2c(c1)c(CNC(=O)C(C)Oc1ccc3c(c1)OCO3)nn2C. The van der Waals surface area contributed by atoms with Gasteiger partial charge in [0.25, 0.3) is 5.91 Å². The summed E-state index contributed by atoms with van der Waals surface area (Å²) in [6, 6.07) is 11.4. The molecule has 4 rings (SSSR count). The number of ether oxygens (including phenoxy) is 3. The van der Waals surface area contributed by atoms with Gasteiger partial charge in [-0.15, -0.1) is 0 Å². The lowest BCUT2D eigenvalue weighted by atomic mass is 10.1. The Kier molecular flexibility index (Phi) is 4.35. The largest absolute Gasteiger partial charge is 0.481 e. The molecule has 0 fully saturated rings. The molecule has 0 bridgehead atoms. The molecule has 1 atom stereocenters. The molecule has 27 heavy (non-hydrogen) atoms. The summed E-state index contributed by atoms with van der Waals surface area (Å²) < 4.78 is 18.1. The molecule has 1 aliphatic rings. The molecule has 1 N–H and O–H groups in total. The molecule has 1 unspecified atom stereocenters. The van der Waals surface area contributed by atoms with Gasteiger partial charge in [0.05, 0.1) is 17.8 Å². The van der Waals surface area contributed by atoms with Crippen LogP contribution in [0.25, 0.3) is 10.9 Å². The monoisotopic (exact) mass is 367 g/mol. The topological polar surface area (TPSA) is 74.6 Å². The minimum atomic E-state index is -0.651. The van der Waals surface area contributed by atoms with Crippen molar-refractivity contribution in [3.63, 3.8) is 0 Å². The van der Waals surface area contributed by atoms with E-state index in [-0.39, 0.29) is 12.7 Å². The molecule has 2 heterocycles. The molecular formula is C20H21N3O4. The number of aryl methyl sites for hydroxylation is 2. The van der Waals surface area contributed by atoms with Crippen molar-refractivity contribution in [2.75, 3.05) is 6.79 Å². The van der Waals surface area contributed by atoms with E-state index in [1.165, 1.54) is 0 Å². The minimum Gasteiger partial charge on any atom is -0.481 e. The third-order valence-corrected chi connectivity index (χ3v) is 4.54. The van der Waals surface area contributed by atoms with E-state index in [9.17, 15) is 4.79 Å². The second kappa shape index (κ2) is 6.83. The molecule has 0 radical (unpaired) electrons. The van der Waals surface area contributed by atoms with Crippen LogP contribution in [-0.2, 0) is 18.4 Å². The Labute approximate surface area is 156 Å². The fourth-order valence-electron chi connectivity index (χ4n) is 3.10. The predicted octanol–water partition coefficient (Wildman–Crippen LogP) is 2.69. The molecule has 1 aromatic heterocycles. The summed E-state index contributed by atoms with van der Waals surface area (Å²) in [5.74, 6) is 1.65. The highest BCUT2D eigenvalue weighted by Crippen LogP contribution is 2.35. The van der Waals surface area contributed by atoms with Crippen LogP contribution >= 0.6 is 0 Å². The molecule has 0 aliphatic carbocycles. The van der Waals surface area contributed by atoms with Gasteiger partial charge in [0, 0.05) is 18.5 Å². The van der Waals surface area contributed by atoms with Crippen molar-refractivity contribution >= 4 is 16.8 Å². The summed E-state index contributed by atoms with van der Waals surface area (Å²) in [5, 5.41) is 8.46. The maximum Gasteiger partial charge on any atom is 0.261 e. The number of nitrogens with one attached hydrogen (secondary N) is 1. The third kappa shape index (κ3) is 3.40. The molecule has 0 spiro atoms. The predicted molar refractivity (Wildman–Crippen MR) is 100.0 cm³/mol. The van der Waals surface area contributed by atoms with Crippen LogP contribution < -0.4 is 19.5 Å². The first-order chi connectivity index (χ1) is 13.0. The number of carbonyl (C=O) groups is 1. The van der Waals surface area contributed by atoms with Gasteiger partial charge < -0.3 is 19.5 Å². The molecule has 7 heteroatoms. The summed E-state index contributed by atoms with van der Waals surface area (Å²) in [4.78, 5) is 12.4. The summed E-state index contributed by atoms with van der Waals surface area (Å²) in [7, 11) is 1.90. The highest BCUT2D eigenvalue weighted by molar-refractivity contribution is 5.84. The number of aromatic nitrogens is 2. The van der Waals surface area contributed by atoms with E-state index in [1.54, 1.807) is 25.1 Å². The quantitative estimate of drug-likeness (QED) is 0.750. The van der Waals surface area contributed by atoms with Gasteiger partial charge >= 0.3 is 0 Å². The number of benzene rings is 2. The van der Waals surface area contributed by atoms with E-state index >= 15 is 0 Å². The summed E-state index contributed by atoms with van der Waals surface area (Å²) >= 11 is 0. The number of hydrogen-bond acceptors (Lipinski definition) is 5. The van der Waals surface area contributed by atoms with Crippen LogP contribution in [0.4, 0.5) is 0 Å². The summed E-state index contributed by atoms with van der Waals surface area (Å²) in [6.07, 6.45) is -0.651. The van der Waals surface area contributed by atoms with Crippen molar-refractivity contribution < 1.29 is 19.0 Å². The van der Waals surface area contributed by atoms with E-state index in [1.807, 2.05) is 30.8 Å². The van der Waals surface area contributed by atoms with Gasteiger partial charge in [-0.25, -0.2) is 0 Å². The normalized spacial score (nSPS) is 13.6. The van der Waals surface area contributed by atoms with Crippen LogP contribution in [0.3, 0.4) is 0 Å². The van der Waals surface area contributed by atoms with Gasteiger partial charge in [0.15, 0.2) is 17.6 Å². The number of amides is 1. The van der Waals surface area contributed by atoms with Gasteiger partial charge in [0.2, 0.25) is 6.79 Å². The second-order valence-electron chi connectivity index (χ2n) is 6.58. The zero-order valence-corrected chi connectivity index (χ0v) is 15.5. The van der Waals surface area contributed by atoms with Crippen LogP contribution in [0.5, 0.6) is 17.2 Å². The van der Waals surface area contributed by atoms with Crippen LogP contribution in [0.2, 0.25) is 0 Å². The van der Waals surface area contributed by atoms with Gasteiger partial charge in [-0.05, 0) is 38.1 Å². The lowest BCUT2D eigenvalue weighted by Gasteiger charge is -2.14. The number of carbonyl (C=O) groups excluding carboxylic acids is 1. The van der Waals surface area contributed by atoms with Crippen molar-refractivity contribution in [1.29, 1.82) is 0 Å². The fraction of sp³-hybridized carbons (Fsp3) is 0.300. The van der Waals surface area contributed by atoms with Crippen molar-refractivity contribution in [1.82, 2.24) is 15.1 Å². The van der Waals surface area contributed by atoms with Crippen molar-refractivity contribution in [3.8, 4) is 17.2 Å². The first-order valence-electron chi connectivity index (χ1n) is 8.77. The molecule has 0 saturated heterocycles. The molecular weight excluding hydrogens is 346 g/mol. The highest BCUT2D eigenvalue weighted by atomic mass is 16.7. The molecule has 1 aliphatic heterocycles. The zero-order chi connectivity index (χ0) is 19.0. The first kappa shape index (κ1) is 17.2. The Morgan fingerprint density at radius 1 is 1.26 bits per heavy atom. The molecule has 140 valence electrons. The van der Waals surface area contributed by atoms with E-state index in [2.05, 4.69) is 16.5 Å². The first-order valence-corrected chi connectivity index (χ1v) is 8.77. The van der Waals surface area contributed by atoms with Crippen molar-refractivity contribution in [2.45, 2.75) is 26.5 Å².